The molecule has 0 aliphatic carbocycles. The average Bonchev–Trinajstić information content (AvgIpc) is 2.48. The van der Waals surface area contributed by atoms with Gasteiger partial charge in [0.1, 0.15) is 11.8 Å². The number of esters is 1. The molecule has 1 aromatic heterocycles. The fraction of sp³-hybridized carbons (Fsp3) is 0.200. The van der Waals surface area contributed by atoms with E-state index >= 15 is 0 Å². The van der Waals surface area contributed by atoms with Crippen molar-refractivity contribution in [1.29, 1.82) is 5.26 Å². The maximum atomic E-state index is 11.4. The molecule has 0 aliphatic heterocycles. The second-order valence-electron chi connectivity index (χ2n) is 4.16. The Kier molecular flexibility index (Phi) is 4.40. The van der Waals surface area contributed by atoms with Crippen LogP contribution in [0.3, 0.4) is 0 Å². The van der Waals surface area contributed by atoms with Crippen molar-refractivity contribution in [1.82, 2.24) is 9.97 Å². The van der Waals surface area contributed by atoms with E-state index in [-0.39, 0.29) is 5.97 Å². The van der Waals surface area contributed by atoms with Crippen LogP contribution in [0.2, 0.25) is 0 Å². The maximum absolute atomic E-state index is 11.4. The van der Waals surface area contributed by atoms with E-state index in [0.717, 1.165) is 12.0 Å². The van der Waals surface area contributed by atoms with Crippen LogP contribution < -0.4 is 4.74 Å². The van der Waals surface area contributed by atoms with Crippen LogP contribution >= 0.6 is 0 Å². The number of nitriles is 1. The van der Waals surface area contributed by atoms with Gasteiger partial charge in [-0.15, -0.1) is 0 Å². The molecule has 0 saturated heterocycles. The fourth-order valence-corrected chi connectivity index (χ4v) is 1.59. The second-order valence-corrected chi connectivity index (χ2v) is 4.16. The molecule has 0 saturated carbocycles. The van der Waals surface area contributed by atoms with Crippen molar-refractivity contribution in [3.05, 3.63) is 42.2 Å². The molecule has 5 heteroatoms. The van der Waals surface area contributed by atoms with Crippen LogP contribution in [-0.4, -0.2) is 15.9 Å². The molecule has 20 heavy (non-hydrogen) atoms. The van der Waals surface area contributed by atoms with Crippen molar-refractivity contribution in [3.8, 4) is 23.2 Å². The van der Waals surface area contributed by atoms with Crippen molar-refractivity contribution in [2.45, 2.75) is 19.8 Å². The topological polar surface area (TPSA) is 75.9 Å². The van der Waals surface area contributed by atoms with Gasteiger partial charge in [-0.2, -0.15) is 5.26 Å². The summed E-state index contributed by atoms with van der Waals surface area (Å²) < 4.78 is 5.16. The second kappa shape index (κ2) is 6.43. The van der Waals surface area contributed by atoms with E-state index in [1.54, 1.807) is 24.3 Å². The lowest BCUT2D eigenvalue weighted by atomic mass is 10.2. The molecule has 2 aromatic rings. The lowest BCUT2D eigenvalue weighted by Gasteiger charge is -2.04. The Bertz CT molecular complexity index is 628. The third-order valence-electron chi connectivity index (χ3n) is 2.58. The SMILES string of the molecule is CCCC(=O)Oc1ccc(-c2ncc(C#N)cn2)cc1. The third kappa shape index (κ3) is 3.39. The molecule has 5 nitrogen and oxygen atoms in total. The van der Waals surface area contributed by atoms with Crippen molar-refractivity contribution in [2.75, 3.05) is 0 Å². The van der Waals surface area contributed by atoms with Gasteiger partial charge >= 0.3 is 5.97 Å². The molecule has 0 spiro atoms. The van der Waals surface area contributed by atoms with E-state index in [1.807, 2.05) is 13.0 Å². The molecule has 0 bridgehead atoms. The first kappa shape index (κ1) is 13.7. The summed E-state index contributed by atoms with van der Waals surface area (Å²) in [5.74, 6) is 0.783. The van der Waals surface area contributed by atoms with Crippen molar-refractivity contribution < 1.29 is 9.53 Å². The molecule has 0 N–H and O–H groups in total. The molecular formula is C15H13N3O2. The number of carbonyl (C=O) groups excluding carboxylic acids is 1. The summed E-state index contributed by atoms with van der Waals surface area (Å²) in [4.78, 5) is 19.6. The molecular weight excluding hydrogens is 254 g/mol. The Morgan fingerprint density at radius 1 is 1.25 bits per heavy atom. The maximum Gasteiger partial charge on any atom is 0.311 e. The minimum Gasteiger partial charge on any atom is -0.427 e. The Hall–Kier alpha value is -2.74. The molecule has 1 aromatic carbocycles. The Labute approximate surface area is 116 Å². The average molecular weight is 267 g/mol. The van der Waals surface area contributed by atoms with Gasteiger partial charge < -0.3 is 4.74 Å². The molecule has 0 aliphatic rings. The largest absolute Gasteiger partial charge is 0.427 e. The number of hydrogen-bond acceptors (Lipinski definition) is 5. The smallest absolute Gasteiger partial charge is 0.311 e. The van der Waals surface area contributed by atoms with Gasteiger partial charge in [-0.05, 0) is 30.7 Å². The van der Waals surface area contributed by atoms with E-state index < -0.39 is 0 Å². The van der Waals surface area contributed by atoms with Gasteiger partial charge in [0, 0.05) is 24.4 Å². The Morgan fingerprint density at radius 3 is 2.45 bits per heavy atom. The predicted molar refractivity (Wildman–Crippen MR) is 72.7 cm³/mol. The molecule has 0 atom stereocenters. The van der Waals surface area contributed by atoms with Crippen LogP contribution in [0.5, 0.6) is 5.75 Å². The van der Waals surface area contributed by atoms with Gasteiger partial charge in [0.2, 0.25) is 0 Å². The lowest BCUT2D eigenvalue weighted by Crippen LogP contribution is -2.06. The Balaban J connectivity index is 2.11. The molecule has 0 unspecified atom stereocenters. The summed E-state index contributed by atoms with van der Waals surface area (Å²) in [6, 6.07) is 8.91. The number of nitrogens with zero attached hydrogens (tertiary/aromatic N) is 3. The highest BCUT2D eigenvalue weighted by atomic mass is 16.5. The van der Waals surface area contributed by atoms with Crippen LogP contribution in [-0.2, 0) is 4.79 Å². The minimum atomic E-state index is -0.241. The van der Waals surface area contributed by atoms with E-state index in [2.05, 4.69) is 9.97 Å². The standard InChI is InChI=1S/C15H13N3O2/c1-2-3-14(19)20-13-6-4-12(5-7-13)15-17-9-11(8-16)10-18-15/h4-7,9-10H,2-3H2,1H3. The summed E-state index contributed by atoms with van der Waals surface area (Å²) >= 11 is 0. The number of aromatic nitrogens is 2. The first-order valence-electron chi connectivity index (χ1n) is 6.26. The molecule has 0 fully saturated rings. The Morgan fingerprint density at radius 2 is 1.90 bits per heavy atom. The van der Waals surface area contributed by atoms with Crippen LogP contribution in [0.4, 0.5) is 0 Å². The summed E-state index contributed by atoms with van der Waals surface area (Å²) in [5, 5.41) is 8.68. The van der Waals surface area contributed by atoms with Crippen molar-refractivity contribution >= 4 is 5.97 Å². The molecule has 0 amide bonds. The lowest BCUT2D eigenvalue weighted by molar-refractivity contribution is -0.134. The van der Waals surface area contributed by atoms with Gasteiger partial charge in [-0.1, -0.05) is 6.92 Å². The van der Waals surface area contributed by atoms with Gasteiger partial charge in [-0.3, -0.25) is 4.79 Å². The highest BCUT2D eigenvalue weighted by Crippen LogP contribution is 2.19. The number of benzene rings is 1. The van der Waals surface area contributed by atoms with E-state index in [4.69, 9.17) is 10.00 Å². The fourth-order valence-electron chi connectivity index (χ4n) is 1.59. The molecule has 2 rings (SSSR count). The number of rotatable bonds is 4. The highest BCUT2D eigenvalue weighted by Gasteiger charge is 2.05. The van der Waals surface area contributed by atoms with Gasteiger partial charge in [-0.25, -0.2) is 9.97 Å². The minimum absolute atomic E-state index is 0.241. The van der Waals surface area contributed by atoms with Crippen LogP contribution in [0.15, 0.2) is 36.7 Å². The third-order valence-corrected chi connectivity index (χ3v) is 2.58. The van der Waals surface area contributed by atoms with Crippen LogP contribution in [0.25, 0.3) is 11.4 Å². The summed E-state index contributed by atoms with van der Waals surface area (Å²) in [7, 11) is 0. The zero-order chi connectivity index (χ0) is 14.4. The van der Waals surface area contributed by atoms with Gasteiger partial charge in [0.05, 0.1) is 5.56 Å². The van der Waals surface area contributed by atoms with E-state index in [0.29, 0.717) is 23.6 Å². The molecule has 100 valence electrons. The zero-order valence-corrected chi connectivity index (χ0v) is 11.0. The summed E-state index contributed by atoms with van der Waals surface area (Å²) in [5.41, 5.74) is 1.21. The predicted octanol–water partition coefficient (Wildman–Crippen LogP) is 2.72. The normalized spacial score (nSPS) is 9.80. The van der Waals surface area contributed by atoms with Crippen molar-refractivity contribution in [2.24, 2.45) is 0 Å². The molecule has 1 heterocycles. The highest BCUT2D eigenvalue weighted by molar-refractivity contribution is 5.72. The molecule has 0 radical (unpaired) electrons. The monoisotopic (exact) mass is 267 g/mol. The first-order valence-corrected chi connectivity index (χ1v) is 6.26. The first-order chi connectivity index (χ1) is 9.72. The quantitative estimate of drug-likeness (QED) is 0.628. The number of ether oxygens (including phenoxy) is 1. The number of hydrogen-bond donors (Lipinski definition) is 0. The van der Waals surface area contributed by atoms with E-state index in [1.165, 1.54) is 12.4 Å². The van der Waals surface area contributed by atoms with Gasteiger partial charge in [0.25, 0.3) is 0 Å². The van der Waals surface area contributed by atoms with Crippen molar-refractivity contribution in [3.63, 3.8) is 0 Å². The van der Waals surface area contributed by atoms with Gasteiger partial charge in [0.15, 0.2) is 5.82 Å². The zero-order valence-electron chi connectivity index (χ0n) is 11.0. The summed E-state index contributed by atoms with van der Waals surface area (Å²) in [6.07, 6.45) is 4.10. The number of carbonyl (C=O) groups is 1. The van der Waals surface area contributed by atoms with Crippen LogP contribution in [0.1, 0.15) is 25.3 Å². The summed E-state index contributed by atoms with van der Waals surface area (Å²) in [6.45, 7) is 1.92. The van der Waals surface area contributed by atoms with Crippen LogP contribution in [0, 0.1) is 11.3 Å². The van der Waals surface area contributed by atoms with E-state index in [9.17, 15) is 4.79 Å².